The van der Waals surface area contributed by atoms with Gasteiger partial charge in [0.1, 0.15) is 0 Å². The minimum absolute atomic E-state index is 0.346. The Morgan fingerprint density at radius 1 is 1.20 bits per heavy atom. The van der Waals surface area contributed by atoms with E-state index in [0.717, 1.165) is 11.1 Å². The normalized spacial score (nSPS) is 12.8. The first-order valence-electron chi connectivity index (χ1n) is 3.35. The van der Waals surface area contributed by atoms with Crippen LogP contribution in [-0.2, 0) is 0 Å². The Labute approximate surface area is 62.0 Å². The molecule has 2 nitrogen and oxygen atoms in total. The summed E-state index contributed by atoms with van der Waals surface area (Å²) in [6, 6.07) is 0. The van der Waals surface area contributed by atoms with E-state index in [1.54, 1.807) is 0 Å². The van der Waals surface area contributed by atoms with Gasteiger partial charge in [-0.15, -0.1) is 0 Å². The number of hydrogen-bond donors (Lipinski definition) is 2. The molecule has 0 spiro atoms. The van der Waals surface area contributed by atoms with Gasteiger partial charge in [0.15, 0.2) is 0 Å². The van der Waals surface area contributed by atoms with Crippen LogP contribution in [0.1, 0.15) is 20.8 Å². The molecule has 0 amide bonds. The smallest absolute Gasteiger partial charge is 0.0215 e. The maximum absolute atomic E-state index is 7.04. The van der Waals surface area contributed by atoms with Crippen molar-refractivity contribution in [1.82, 2.24) is 0 Å². The average molecular weight is 138 g/mol. The summed E-state index contributed by atoms with van der Waals surface area (Å²) in [7, 11) is 0. The lowest BCUT2D eigenvalue weighted by Crippen LogP contribution is -1.99. The van der Waals surface area contributed by atoms with Gasteiger partial charge in [0.25, 0.3) is 0 Å². The predicted molar refractivity (Wildman–Crippen MR) is 45.1 cm³/mol. The third kappa shape index (κ3) is 2.13. The van der Waals surface area contributed by atoms with Crippen LogP contribution in [0.2, 0.25) is 0 Å². The topological polar surface area (TPSA) is 47.7 Å². The molecule has 0 aliphatic carbocycles. The summed E-state index contributed by atoms with van der Waals surface area (Å²) in [6.45, 7) is 5.90. The maximum Gasteiger partial charge on any atom is 0.0215 e. The van der Waals surface area contributed by atoms with Crippen LogP contribution in [0.15, 0.2) is 11.1 Å². The van der Waals surface area contributed by atoms with Crippen molar-refractivity contribution in [2.45, 2.75) is 20.8 Å². The molecule has 2 N–H and O–H groups in total. The quantitative estimate of drug-likeness (QED) is 0.562. The highest BCUT2D eigenvalue weighted by Crippen LogP contribution is 2.10. The van der Waals surface area contributed by atoms with Crippen molar-refractivity contribution in [3.8, 4) is 0 Å². The Morgan fingerprint density at radius 3 is 1.80 bits per heavy atom. The first-order valence-corrected chi connectivity index (χ1v) is 3.35. The number of rotatable bonds is 3. The fourth-order valence-electron chi connectivity index (χ4n) is 0.819. The van der Waals surface area contributed by atoms with Crippen LogP contribution in [0, 0.1) is 16.7 Å². The molecule has 0 saturated carbocycles. The Bertz CT molecular complexity index is 166. The summed E-state index contributed by atoms with van der Waals surface area (Å²) in [4.78, 5) is 0. The predicted octanol–water partition coefficient (Wildman–Crippen LogP) is 2.26. The van der Waals surface area contributed by atoms with Gasteiger partial charge >= 0.3 is 0 Å². The van der Waals surface area contributed by atoms with E-state index in [2.05, 4.69) is 0 Å². The van der Waals surface area contributed by atoms with Crippen molar-refractivity contribution in [2.75, 3.05) is 0 Å². The molecule has 0 saturated heterocycles. The van der Waals surface area contributed by atoms with Gasteiger partial charge in [0.2, 0.25) is 0 Å². The zero-order valence-electron chi connectivity index (χ0n) is 6.73. The minimum atomic E-state index is 0.346. The maximum atomic E-state index is 7.04. The summed E-state index contributed by atoms with van der Waals surface area (Å²) in [5.74, 6) is 0.346. The van der Waals surface area contributed by atoms with Crippen LogP contribution in [0.25, 0.3) is 0 Å². The highest BCUT2D eigenvalue weighted by atomic mass is 14.4. The van der Waals surface area contributed by atoms with E-state index >= 15 is 0 Å². The van der Waals surface area contributed by atoms with Gasteiger partial charge in [0.05, 0.1) is 0 Å². The molecule has 0 rings (SSSR count). The third-order valence-corrected chi connectivity index (χ3v) is 1.45. The molecule has 0 aromatic heterocycles. The Hall–Kier alpha value is -0.920. The second-order valence-corrected chi connectivity index (χ2v) is 2.58. The van der Waals surface area contributed by atoms with E-state index < -0.39 is 0 Å². The van der Waals surface area contributed by atoms with E-state index in [0.29, 0.717) is 5.92 Å². The largest absolute Gasteiger partial charge is 0.308 e. The molecular weight excluding hydrogens is 124 g/mol. The van der Waals surface area contributed by atoms with Crippen molar-refractivity contribution >= 4 is 12.4 Å². The molecule has 0 atom stereocenters. The van der Waals surface area contributed by atoms with E-state index in [1.165, 1.54) is 12.4 Å². The molecule has 0 fully saturated rings. The van der Waals surface area contributed by atoms with Crippen molar-refractivity contribution in [3.05, 3.63) is 11.1 Å². The van der Waals surface area contributed by atoms with Crippen LogP contribution >= 0.6 is 0 Å². The molecule has 0 unspecified atom stereocenters. The number of hydrogen-bond acceptors (Lipinski definition) is 2. The van der Waals surface area contributed by atoms with Crippen LogP contribution < -0.4 is 0 Å². The van der Waals surface area contributed by atoms with Crippen LogP contribution in [0.5, 0.6) is 0 Å². The monoisotopic (exact) mass is 138 g/mol. The molecule has 2 heteroatoms. The Kier molecular flexibility index (Phi) is 3.62. The zero-order valence-corrected chi connectivity index (χ0v) is 6.73. The summed E-state index contributed by atoms with van der Waals surface area (Å²) in [5.41, 5.74) is 1.82. The van der Waals surface area contributed by atoms with Gasteiger partial charge in [-0.25, -0.2) is 0 Å². The highest BCUT2D eigenvalue weighted by molar-refractivity contribution is 5.88. The molecule has 0 aliphatic heterocycles. The van der Waals surface area contributed by atoms with Crippen molar-refractivity contribution in [1.29, 1.82) is 10.8 Å². The van der Waals surface area contributed by atoms with Crippen molar-refractivity contribution < 1.29 is 0 Å². The standard InChI is InChI=1S/C8H14N2/c1-6(2)8(5-10)7(3)4-9/h4-6,9-10H,1-3H3/b8-7+,9-4?,10-5?. The van der Waals surface area contributed by atoms with Gasteiger partial charge in [-0.2, -0.15) is 0 Å². The van der Waals surface area contributed by atoms with E-state index in [4.69, 9.17) is 10.8 Å². The molecule has 0 aromatic rings. The lowest BCUT2D eigenvalue weighted by atomic mass is 10.00. The summed E-state index contributed by atoms with van der Waals surface area (Å²) >= 11 is 0. The van der Waals surface area contributed by atoms with Gasteiger partial charge in [-0.1, -0.05) is 13.8 Å². The fraction of sp³-hybridized carbons (Fsp3) is 0.500. The summed E-state index contributed by atoms with van der Waals surface area (Å²) < 4.78 is 0. The van der Waals surface area contributed by atoms with Gasteiger partial charge in [-0.3, -0.25) is 0 Å². The molecule has 10 heavy (non-hydrogen) atoms. The first-order chi connectivity index (χ1) is 4.63. The van der Waals surface area contributed by atoms with E-state index in [-0.39, 0.29) is 0 Å². The van der Waals surface area contributed by atoms with E-state index in [1.807, 2.05) is 20.8 Å². The lowest BCUT2D eigenvalue weighted by Gasteiger charge is -2.06. The average Bonchev–Trinajstić information content (AvgIpc) is 1.88. The molecule has 0 aliphatic rings. The number of nitrogens with one attached hydrogen (secondary N) is 2. The molecule has 0 aromatic carbocycles. The molecule has 0 radical (unpaired) electrons. The van der Waals surface area contributed by atoms with E-state index in [9.17, 15) is 0 Å². The van der Waals surface area contributed by atoms with Gasteiger partial charge in [-0.05, 0) is 24.0 Å². The molecule has 0 heterocycles. The molecule has 56 valence electrons. The SMILES string of the molecule is C/C(C=N)=C(/C=N)C(C)C. The summed E-state index contributed by atoms with van der Waals surface area (Å²) in [6.07, 6.45) is 2.62. The van der Waals surface area contributed by atoms with Crippen LogP contribution in [-0.4, -0.2) is 12.4 Å². The Morgan fingerprint density at radius 2 is 1.70 bits per heavy atom. The first kappa shape index (κ1) is 9.08. The van der Waals surface area contributed by atoms with Crippen LogP contribution in [0.3, 0.4) is 0 Å². The van der Waals surface area contributed by atoms with Crippen molar-refractivity contribution in [2.24, 2.45) is 5.92 Å². The zero-order chi connectivity index (χ0) is 8.15. The number of allylic oxidation sites excluding steroid dienone is 2. The van der Waals surface area contributed by atoms with Gasteiger partial charge in [0, 0.05) is 12.4 Å². The fourth-order valence-corrected chi connectivity index (χ4v) is 0.819. The third-order valence-electron chi connectivity index (χ3n) is 1.45. The second-order valence-electron chi connectivity index (χ2n) is 2.58. The minimum Gasteiger partial charge on any atom is -0.308 e. The highest BCUT2D eigenvalue weighted by Gasteiger charge is 2.01. The second kappa shape index (κ2) is 3.99. The van der Waals surface area contributed by atoms with Gasteiger partial charge < -0.3 is 10.8 Å². The summed E-state index contributed by atoms with van der Waals surface area (Å²) in [5, 5.41) is 14.0. The van der Waals surface area contributed by atoms with Crippen molar-refractivity contribution in [3.63, 3.8) is 0 Å². The van der Waals surface area contributed by atoms with Crippen LogP contribution in [0.4, 0.5) is 0 Å². The Balaban J connectivity index is 4.61. The molecule has 0 bridgehead atoms. The lowest BCUT2D eigenvalue weighted by molar-refractivity contribution is 0.800. The molecular formula is C8H14N2.